The van der Waals surface area contributed by atoms with Gasteiger partial charge >= 0.3 is 6.16 Å². The minimum atomic E-state index is -0.633. The van der Waals surface area contributed by atoms with Crippen molar-refractivity contribution < 1.29 is 14.3 Å². The zero-order valence-electron chi connectivity index (χ0n) is 10.3. The molecule has 0 saturated heterocycles. The molecule has 0 radical (unpaired) electrons. The van der Waals surface area contributed by atoms with Gasteiger partial charge in [0, 0.05) is 5.92 Å². The lowest BCUT2D eigenvalue weighted by atomic mass is 9.99. The predicted molar refractivity (Wildman–Crippen MR) is 67.1 cm³/mol. The van der Waals surface area contributed by atoms with Crippen molar-refractivity contribution in [2.75, 3.05) is 13.2 Å². The first-order chi connectivity index (χ1) is 8.17. The van der Waals surface area contributed by atoms with Gasteiger partial charge in [-0.25, -0.2) is 4.79 Å². The Kier molecular flexibility index (Phi) is 5.27. The van der Waals surface area contributed by atoms with Crippen LogP contribution in [0.25, 0.3) is 0 Å². The monoisotopic (exact) mass is 234 g/mol. The van der Waals surface area contributed by atoms with Crippen molar-refractivity contribution in [3.8, 4) is 0 Å². The molecule has 3 heteroatoms. The van der Waals surface area contributed by atoms with E-state index >= 15 is 0 Å². The number of carbonyl (C=O) groups excluding carboxylic acids is 1. The van der Waals surface area contributed by atoms with Crippen LogP contribution < -0.4 is 0 Å². The summed E-state index contributed by atoms with van der Waals surface area (Å²) in [7, 11) is 0. The molecule has 0 fully saturated rings. The van der Waals surface area contributed by atoms with Crippen LogP contribution in [-0.2, 0) is 9.47 Å². The molecule has 0 N–H and O–H groups in total. The molecule has 3 nitrogen and oxygen atoms in total. The lowest BCUT2D eigenvalue weighted by molar-refractivity contribution is 0.0573. The molecule has 1 rings (SSSR count). The highest BCUT2D eigenvalue weighted by atomic mass is 16.7. The van der Waals surface area contributed by atoms with Crippen LogP contribution in [0.15, 0.2) is 36.9 Å². The second-order valence-corrected chi connectivity index (χ2v) is 3.75. The molecule has 0 bridgehead atoms. The molecule has 92 valence electrons. The Labute approximate surface area is 102 Å². The van der Waals surface area contributed by atoms with E-state index < -0.39 is 6.16 Å². The Bertz CT molecular complexity index is 368. The van der Waals surface area contributed by atoms with Crippen LogP contribution in [0.2, 0.25) is 0 Å². The van der Waals surface area contributed by atoms with Gasteiger partial charge in [-0.2, -0.15) is 0 Å². The molecule has 0 heterocycles. The highest BCUT2D eigenvalue weighted by molar-refractivity contribution is 5.59. The highest BCUT2D eigenvalue weighted by Gasteiger charge is 2.11. The van der Waals surface area contributed by atoms with Gasteiger partial charge in [-0.1, -0.05) is 35.9 Å². The lowest BCUT2D eigenvalue weighted by Crippen LogP contribution is -2.12. The molecule has 0 saturated carbocycles. The third kappa shape index (κ3) is 4.31. The van der Waals surface area contributed by atoms with Crippen LogP contribution in [0.1, 0.15) is 24.0 Å². The van der Waals surface area contributed by atoms with Crippen LogP contribution in [0, 0.1) is 6.92 Å². The summed E-state index contributed by atoms with van der Waals surface area (Å²) in [6.07, 6.45) is 1.13. The minimum Gasteiger partial charge on any atom is -0.435 e. The first-order valence-corrected chi connectivity index (χ1v) is 5.66. The molecule has 0 aromatic heterocycles. The Morgan fingerprint density at radius 3 is 2.53 bits per heavy atom. The number of hydrogen-bond acceptors (Lipinski definition) is 3. The molecule has 0 spiro atoms. The zero-order chi connectivity index (χ0) is 12.7. The second-order valence-electron chi connectivity index (χ2n) is 3.75. The predicted octanol–water partition coefficient (Wildman–Crippen LogP) is 3.44. The summed E-state index contributed by atoms with van der Waals surface area (Å²) in [6, 6.07) is 8.07. The van der Waals surface area contributed by atoms with Gasteiger partial charge in [0.2, 0.25) is 0 Å². The van der Waals surface area contributed by atoms with Gasteiger partial charge in [-0.15, -0.1) is 6.58 Å². The molecule has 0 aliphatic rings. The van der Waals surface area contributed by atoms with Crippen LogP contribution in [0.4, 0.5) is 4.79 Å². The van der Waals surface area contributed by atoms with Gasteiger partial charge in [0.25, 0.3) is 0 Å². The molecule has 0 unspecified atom stereocenters. The molecule has 1 aromatic rings. The van der Waals surface area contributed by atoms with E-state index in [0.29, 0.717) is 6.61 Å². The van der Waals surface area contributed by atoms with Crippen molar-refractivity contribution in [3.63, 3.8) is 0 Å². The van der Waals surface area contributed by atoms with Crippen molar-refractivity contribution in [2.45, 2.75) is 19.8 Å². The van der Waals surface area contributed by atoms with E-state index in [0.717, 1.165) is 5.56 Å². The molecule has 0 aliphatic carbocycles. The van der Waals surface area contributed by atoms with Gasteiger partial charge in [-0.05, 0) is 19.4 Å². The number of hydrogen-bond donors (Lipinski definition) is 0. The Morgan fingerprint density at radius 2 is 2.00 bits per heavy atom. The van der Waals surface area contributed by atoms with Crippen LogP contribution in [0.3, 0.4) is 0 Å². The van der Waals surface area contributed by atoms with Gasteiger partial charge in [0.1, 0.15) is 6.61 Å². The molecule has 0 aliphatic heterocycles. The zero-order valence-corrected chi connectivity index (χ0v) is 10.3. The summed E-state index contributed by atoms with van der Waals surface area (Å²) in [6.45, 7) is 8.10. The normalized spacial score (nSPS) is 11.6. The summed E-state index contributed by atoms with van der Waals surface area (Å²) in [4.78, 5) is 11.1. The summed E-state index contributed by atoms with van der Waals surface area (Å²) < 4.78 is 9.68. The fraction of sp³-hybridized carbons (Fsp3) is 0.357. The maximum absolute atomic E-state index is 11.1. The number of rotatable bonds is 5. The van der Waals surface area contributed by atoms with Gasteiger partial charge in [0.05, 0.1) is 6.61 Å². The fourth-order valence-electron chi connectivity index (χ4n) is 1.43. The first kappa shape index (κ1) is 13.3. The van der Waals surface area contributed by atoms with Gasteiger partial charge in [0.15, 0.2) is 0 Å². The molecule has 1 atom stereocenters. The van der Waals surface area contributed by atoms with Gasteiger partial charge < -0.3 is 9.47 Å². The van der Waals surface area contributed by atoms with E-state index in [9.17, 15) is 4.79 Å². The quantitative estimate of drug-likeness (QED) is 0.578. The number of ether oxygens (including phenoxy) is 2. The van der Waals surface area contributed by atoms with E-state index in [4.69, 9.17) is 9.47 Å². The van der Waals surface area contributed by atoms with E-state index in [1.807, 2.05) is 31.2 Å². The molecule has 0 amide bonds. The van der Waals surface area contributed by atoms with E-state index in [-0.39, 0.29) is 12.5 Å². The Morgan fingerprint density at radius 1 is 1.35 bits per heavy atom. The minimum absolute atomic E-state index is 0.00000567. The third-order valence-electron chi connectivity index (χ3n) is 2.43. The molecular formula is C14H18O3. The van der Waals surface area contributed by atoms with Crippen molar-refractivity contribution in [3.05, 3.63) is 48.0 Å². The maximum atomic E-state index is 11.1. The average molecular weight is 234 g/mol. The largest absolute Gasteiger partial charge is 0.508 e. The van der Waals surface area contributed by atoms with E-state index in [1.54, 1.807) is 13.0 Å². The molecule has 1 aromatic carbocycles. The smallest absolute Gasteiger partial charge is 0.435 e. The lowest BCUT2D eigenvalue weighted by Gasteiger charge is -2.13. The van der Waals surface area contributed by atoms with Crippen molar-refractivity contribution in [2.24, 2.45) is 0 Å². The van der Waals surface area contributed by atoms with Gasteiger partial charge in [-0.3, -0.25) is 0 Å². The SMILES string of the molecule is C=C[C@@H](COC(=O)OCC)c1ccc(C)cc1. The number of aryl methyl sites for hydroxylation is 1. The maximum Gasteiger partial charge on any atom is 0.508 e. The van der Waals surface area contributed by atoms with Crippen molar-refractivity contribution >= 4 is 6.16 Å². The summed E-state index contributed by atoms with van der Waals surface area (Å²) in [5.41, 5.74) is 2.28. The third-order valence-corrected chi connectivity index (χ3v) is 2.43. The molecule has 17 heavy (non-hydrogen) atoms. The Hall–Kier alpha value is -1.77. The molecular weight excluding hydrogens is 216 g/mol. The van der Waals surface area contributed by atoms with Crippen LogP contribution >= 0.6 is 0 Å². The topological polar surface area (TPSA) is 35.5 Å². The fourth-order valence-corrected chi connectivity index (χ4v) is 1.43. The Balaban J connectivity index is 2.57. The van der Waals surface area contributed by atoms with E-state index in [1.165, 1.54) is 5.56 Å². The second kappa shape index (κ2) is 6.74. The highest BCUT2D eigenvalue weighted by Crippen LogP contribution is 2.18. The van der Waals surface area contributed by atoms with E-state index in [2.05, 4.69) is 6.58 Å². The van der Waals surface area contributed by atoms with Crippen molar-refractivity contribution in [1.82, 2.24) is 0 Å². The van der Waals surface area contributed by atoms with Crippen molar-refractivity contribution in [1.29, 1.82) is 0 Å². The standard InChI is InChI=1S/C14H18O3/c1-4-12(10-17-14(15)16-5-2)13-8-6-11(3)7-9-13/h4,6-9,12H,1,5,10H2,2-3H3/t12-/m0/s1. The summed E-state index contributed by atoms with van der Waals surface area (Å²) in [5, 5.41) is 0. The first-order valence-electron chi connectivity index (χ1n) is 5.66. The summed E-state index contributed by atoms with van der Waals surface area (Å²) in [5.74, 6) is 0.00000567. The number of benzene rings is 1. The number of carbonyl (C=O) groups is 1. The summed E-state index contributed by atoms with van der Waals surface area (Å²) >= 11 is 0. The van der Waals surface area contributed by atoms with Crippen LogP contribution in [-0.4, -0.2) is 19.4 Å². The van der Waals surface area contributed by atoms with Crippen LogP contribution in [0.5, 0.6) is 0 Å². The average Bonchev–Trinajstić information content (AvgIpc) is 2.32.